The standard InChI is InChI=1S/C22H29NO3/c1-15(2)20-11-6-17(5)12-21(20)25-14-22(24)23-13-18-7-9-19(10-8-18)26-16(3)4/h6-12,15-16H,13-14H2,1-5H3,(H,23,24). The predicted molar refractivity (Wildman–Crippen MR) is 105 cm³/mol. The summed E-state index contributed by atoms with van der Waals surface area (Å²) in [5.41, 5.74) is 3.26. The number of hydrogen-bond acceptors (Lipinski definition) is 3. The molecule has 0 saturated heterocycles. The van der Waals surface area contributed by atoms with E-state index >= 15 is 0 Å². The Morgan fingerprint density at radius 1 is 1.04 bits per heavy atom. The number of amides is 1. The van der Waals surface area contributed by atoms with Gasteiger partial charge in [0.2, 0.25) is 0 Å². The van der Waals surface area contributed by atoms with Gasteiger partial charge in [-0.15, -0.1) is 0 Å². The second-order valence-corrected chi connectivity index (χ2v) is 7.07. The second-order valence-electron chi connectivity index (χ2n) is 7.07. The monoisotopic (exact) mass is 355 g/mol. The van der Waals surface area contributed by atoms with Crippen LogP contribution in [0.15, 0.2) is 42.5 Å². The number of rotatable bonds is 8. The van der Waals surface area contributed by atoms with E-state index in [1.54, 1.807) is 0 Å². The molecule has 1 amide bonds. The van der Waals surface area contributed by atoms with E-state index < -0.39 is 0 Å². The Labute approximate surface area is 156 Å². The van der Waals surface area contributed by atoms with Gasteiger partial charge in [0, 0.05) is 6.54 Å². The van der Waals surface area contributed by atoms with E-state index in [-0.39, 0.29) is 18.6 Å². The van der Waals surface area contributed by atoms with Crippen LogP contribution in [0.2, 0.25) is 0 Å². The molecule has 0 spiro atoms. The second kappa shape index (κ2) is 9.27. The maximum atomic E-state index is 12.1. The SMILES string of the molecule is Cc1ccc(C(C)C)c(OCC(=O)NCc2ccc(OC(C)C)cc2)c1. The summed E-state index contributed by atoms with van der Waals surface area (Å²) in [5.74, 6) is 1.83. The number of ether oxygens (including phenoxy) is 2. The number of benzene rings is 2. The Hall–Kier alpha value is -2.49. The van der Waals surface area contributed by atoms with Crippen molar-refractivity contribution in [3.8, 4) is 11.5 Å². The van der Waals surface area contributed by atoms with Crippen molar-refractivity contribution in [1.82, 2.24) is 5.32 Å². The lowest BCUT2D eigenvalue weighted by atomic mass is 10.0. The lowest BCUT2D eigenvalue weighted by Gasteiger charge is -2.15. The summed E-state index contributed by atoms with van der Waals surface area (Å²) in [4.78, 5) is 12.1. The quantitative estimate of drug-likeness (QED) is 0.753. The molecule has 2 rings (SSSR count). The summed E-state index contributed by atoms with van der Waals surface area (Å²) in [6.45, 7) is 10.7. The minimum absolute atomic E-state index is 0.0116. The van der Waals surface area contributed by atoms with Crippen LogP contribution >= 0.6 is 0 Å². The smallest absolute Gasteiger partial charge is 0.258 e. The number of hydrogen-bond donors (Lipinski definition) is 1. The average molecular weight is 355 g/mol. The first-order valence-electron chi connectivity index (χ1n) is 9.10. The van der Waals surface area contributed by atoms with Gasteiger partial charge in [0.25, 0.3) is 5.91 Å². The Balaban J connectivity index is 1.85. The maximum absolute atomic E-state index is 12.1. The third kappa shape index (κ3) is 6.10. The van der Waals surface area contributed by atoms with Gasteiger partial charge in [-0.25, -0.2) is 0 Å². The van der Waals surface area contributed by atoms with Crippen LogP contribution in [-0.4, -0.2) is 18.6 Å². The molecule has 0 unspecified atom stereocenters. The van der Waals surface area contributed by atoms with Crippen LogP contribution in [0.4, 0.5) is 0 Å². The molecule has 0 radical (unpaired) electrons. The fraction of sp³-hybridized carbons (Fsp3) is 0.409. The van der Waals surface area contributed by atoms with E-state index in [0.29, 0.717) is 12.5 Å². The molecule has 2 aromatic rings. The minimum Gasteiger partial charge on any atom is -0.491 e. The van der Waals surface area contributed by atoms with Crippen molar-refractivity contribution in [2.75, 3.05) is 6.61 Å². The maximum Gasteiger partial charge on any atom is 0.258 e. The van der Waals surface area contributed by atoms with E-state index in [1.165, 1.54) is 0 Å². The largest absolute Gasteiger partial charge is 0.491 e. The van der Waals surface area contributed by atoms with Crippen molar-refractivity contribution in [3.05, 3.63) is 59.2 Å². The third-order valence-corrected chi connectivity index (χ3v) is 3.93. The normalized spacial score (nSPS) is 10.9. The van der Waals surface area contributed by atoms with Gasteiger partial charge in [0.05, 0.1) is 6.10 Å². The van der Waals surface area contributed by atoms with Gasteiger partial charge in [0.1, 0.15) is 11.5 Å². The van der Waals surface area contributed by atoms with E-state index in [4.69, 9.17) is 9.47 Å². The van der Waals surface area contributed by atoms with Crippen molar-refractivity contribution in [2.45, 2.75) is 53.2 Å². The molecule has 0 fully saturated rings. The highest BCUT2D eigenvalue weighted by Gasteiger charge is 2.10. The first-order chi connectivity index (χ1) is 12.3. The van der Waals surface area contributed by atoms with Crippen LogP contribution in [-0.2, 0) is 11.3 Å². The Bertz CT molecular complexity index is 721. The molecular formula is C22H29NO3. The molecule has 26 heavy (non-hydrogen) atoms. The molecule has 0 saturated carbocycles. The third-order valence-electron chi connectivity index (χ3n) is 3.93. The number of carbonyl (C=O) groups is 1. The summed E-state index contributed by atoms with van der Waals surface area (Å²) in [7, 11) is 0. The van der Waals surface area contributed by atoms with Gasteiger partial charge in [-0.1, -0.05) is 38.1 Å². The number of carbonyl (C=O) groups excluding carboxylic acids is 1. The summed E-state index contributed by atoms with van der Waals surface area (Å²) in [6, 6.07) is 13.9. The van der Waals surface area contributed by atoms with Crippen molar-refractivity contribution in [1.29, 1.82) is 0 Å². The summed E-state index contributed by atoms with van der Waals surface area (Å²) < 4.78 is 11.4. The Kier molecular flexibility index (Phi) is 7.07. The predicted octanol–water partition coefficient (Wildman–Crippen LogP) is 4.60. The van der Waals surface area contributed by atoms with E-state index in [0.717, 1.165) is 28.2 Å². The van der Waals surface area contributed by atoms with Gasteiger partial charge >= 0.3 is 0 Å². The fourth-order valence-electron chi connectivity index (χ4n) is 2.60. The van der Waals surface area contributed by atoms with E-state index in [9.17, 15) is 4.79 Å². The van der Waals surface area contributed by atoms with Crippen molar-refractivity contribution in [3.63, 3.8) is 0 Å². The summed E-state index contributed by atoms with van der Waals surface area (Å²) in [5, 5.41) is 2.89. The zero-order valence-corrected chi connectivity index (χ0v) is 16.3. The fourth-order valence-corrected chi connectivity index (χ4v) is 2.60. The zero-order valence-electron chi connectivity index (χ0n) is 16.3. The molecule has 0 aromatic heterocycles. The highest BCUT2D eigenvalue weighted by Crippen LogP contribution is 2.27. The molecule has 1 N–H and O–H groups in total. The molecule has 2 aromatic carbocycles. The number of aryl methyl sites for hydroxylation is 1. The summed E-state index contributed by atoms with van der Waals surface area (Å²) >= 11 is 0. The topological polar surface area (TPSA) is 47.6 Å². The van der Waals surface area contributed by atoms with Crippen molar-refractivity contribution >= 4 is 5.91 Å². The molecule has 0 aliphatic heterocycles. The average Bonchev–Trinajstić information content (AvgIpc) is 2.58. The molecule has 0 bridgehead atoms. The van der Waals surface area contributed by atoms with Gasteiger partial charge in [-0.05, 0) is 61.6 Å². The lowest BCUT2D eigenvalue weighted by Crippen LogP contribution is -2.28. The zero-order chi connectivity index (χ0) is 19.1. The highest BCUT2D eigenvalue weighted by atomic mass is 16.5. The highest BCUT2D eigenvalue weighted by molar-refractivity contribution is 5.77. The molecule has 0 atom stereocenters. The first-order valence-corrected chi connectivity index (χ1v) is 9.10. The van der Waals surface area contributed by atoms with Crippen LogP contribution in [0, 0.1) is 6.92 Å². The molecule has 0 aliphatic rings. The van der Waals surface area contributed by atoms with Crippen LogP contribution in [0.3, 0.4) is 0 Å². The van der Waals surface area contributed by atoms with Crippen LogP contribution < -0.4 is 14.8 Å². The van der Waals surface area contributed by atoms with Crippen molar-refractivity contribution < 1.29 is 14.3 Å². The molecule has 140 valence electrons. The van der Waals surface area contributed by atoms with E-state index in [1.807, 2.05) is 51.1 Å². The molecule has 0 aliphatic carbocycles. The lowest BCUT2D eigenvalue weighted by molar-refractivity contribution is -0.123. The minimum atomic E-state index is -0.135. The first kappa shape index (κ1) is 19.8. The summed E-state index contributed by atoms with van der Waals surface area (Å²) in [6.07, 6.45) is 0.148. The molecule has 4 nitrogen and oxygen atoms in total. The van der Waals surface area contributed by atoms with Gasteiger partial charge in [0.15, 0.2) is 6.61 Å². The van der Waals surface area contributed by atoms with Crippen LogP contribution in [0.1, 0.15) is 50.3 Å². The number of nitrogens with one attached hydrogen (secondary N) is 1. The molecule has 0 heterocycles. The van der Waals surface area contributed by atoms with Gasteiger partial charge in [-0.2, -0.15) is 0 Å². The van der Waals surface area contributed by atoms with Crippen molar-refractivity contribution in [2.24, 2.45) is 0 Å². The Morgan fingerprint density at radius 2 is 1.73 bits per heavy atom. The van der Waals surface area contributed by atoms with Gasteiger partial charge < -0.3 is 14.8 Å². The Morgan fingerprint density at radius 3 is 2.35 bits per heavy atom. The molecule has 4 heteroatoms. The van der Waals surface area contributed by atoms with Gasteiger partial charge in [-0.3, -0.25) is 4.79 Å². The van der Waals surface area contributed by atoms with E-state index in [2.05, 4.69) is 31.3 Å². The van der Waals surface area contributed by atoms with Crippen LogP contribution in [0.5, 0.6) is 11.5 Å². The van der Waals surface area contributed by atoms with Crippen LogP contribution in [0.25, 0.3) is 0 Å². The molecular weight excluding hydrogens is 326 g/mol.